The van der Waals surface area contributed by atoms with Crippen LogP contribution in [0.2, 0.25) is 0 Å². The van der Waals surface area contributed by atoms with E-state index in [1.165, 1.54) is 24.7 Å². The van der Waals surface area contributed by atoms with Crippen molar-refractivity contribution in [3.63, 3.8) is 0 Å². The van der Waals surface area contributed by atoms with Gasteiger partial charge in [-0.05, 0) is 37.1 Å². The second-order valence-corrected chi connectivity index (χ2v) is 5.53. The van der Waals surface area contributed by atoms with Crippen LogP contribution >= 0.6 is 0 Å². The lowest BCUT2D eigenvalue weighted by Gasteiger charge is -2.30. The lowest BCUT2D eigenvalue weighted by atomic mass is 9.97. The molecule has 2 heterocycles. The molecule has 1 aliphatic rings. The van der Waals surface area contributed by atoms with Crippen LogP contribution in [0.4, 0.5) is 4.39 Å². The van der Waals surface area contributed by atoms with Crippen molar-refractivity contribution in [1.29, 1.82) is 0 Å². The summed E-state index contributed by atoms with van der Waals surface area (Å²) in [6.07, 6.45) is 3.87. The minimum absolute atomic E-state index is 0.198. The molecule has 0 aliphatic carbocycles. The van der Waals surface area contributed by atoms with Crippen molar-refractivity contribution < 1.29 is 19.1 Å². The number of aliphatic carboxylic acids is 1. The number of likely N-dealkylation sites (tertiary alicyclic amines) is 1. The zero-order chi connectivity index (χ0) is 16.4. The van der Waals surface area contributed by atoms with Crippen LogP contribution in [0, 0.1) is 11.7 Å². The van der Waals surface area contributed by atoms with Gasteiger partial charge in [0.05, 0.1) is 18.4 Å². The molecule has 1 N–H and O–H groups in total. The van der Waals surface area contributed by atoms with Gasteiger partial charge in [0.15, 0.2) is 0 Å². The molecule has 0 unspecified atom stereocenters. The van der Waals surface area contributed by atoms with Crippen LogP contribution in [0.25, 0.3) is 5.69 Å². The summed E-state index contributed by atoms with van der Waals surface area (Å²) in [6.45, 7) is 0.814. The maximum Gasteiger partial charge on any atom is 0.306 e. The zero-order valence-corrected chi connectivity index (χ0v) is 12.4. The van der Waals surface area contributed by atoms with Crippen LogP contribution in [-0.2, 0) is 4.79 Å². The number of hydrogen-bond acceptors (Lipinski definition) is 3. The summed E-state index contributed by atoms with van der Waals surface area (Å²) in [4.78, 5) is 29.3. The number of carbonyl (C=O) groups excluding carboxylic acids is 1. The van der Waals surface area contributed by atoms with E-state index in [1.807, 2.05) is 0 Å². The smallest absolute Gasteiger partial charge is 0.306 e. The van der Waals surface area contributed by atoms with Gasteiger partial charge in [-0.1, -0.05) is 0 Å². The van der Waals surface area contributed by atoms with Gasteiger partial charge in [-0.2, -0.15) is 0 Å². The van der Waals surface area contributed by atoms with E-state index in [9.17, 15) is 14.0 Å². The largest absolute Gasteiger partial charge is 0.481 e. The van der Waals surface area contributed by atoms with Gasteiger partial charge in [0.25, 0.3) is 5.91 Å². The molecule has 1 saturated heterocycles. The third-order valence-electron chi connectivity index (χ3n) is 4.09. The average Bonchev–Trinajstić information content (AvgIpc) is 3.04. The topological polar surface area (TPSA) is 75.4 Å². The molecule has 0 atom stereocenters. The van der Waals surface area contributed by atoms with Crippen molar-refractivity contribution in [1.82, 2.24) is 14.5 Å². The molecule has 2 aromatic rings. The predicted molar refractivity (Wildman–Crippen MR) is 79.8 cm³/mol. The fraction of sp³-hybridized carbons (Fsp3) is 0.312. The number of halogens is 1. The molecule has 120 valence electrons. The molecule has 1 aromatic carbocycles. The Balaban J connectivity index is 1.78. The number of carboxylic acids is 1. The third kappa shape index (κ3) is 3.08. The Morgan fingerprint density at radius 1 is 1.17 bits per heavy atom. The maximum absolute atomic E-state index is 13.0. The van der Waals surface area contributed by atoms with E-state index < -0.39 is 5.97 Å². The highest BCUT2D eigenvalue weighted by molar-refractivity contribution is 5.93. The summed E-state index contributed by atoms with van der Waals surface area (Å²) >= 11 is 0. The second-order valence-electron chi connectivity index (χ2n) is 5.53. The highest BCUT2D eigenvalue weighted by atomic mass is 19.1. The van der Waals surface area contributed by atoms with Crippen LogP contribution in [0.3, 0.4) is 0 Å². The lowest BCUT2D eigenvalue weighted by molar-refractivity contribution is -0.143. The van der Waals surface area contributed by atoms with Crippen molar-refractivity contribution in [3.8, 4) is 5.69 Å². The van der Waals surface area contributed by atoms with E-state index in [1.54, 1.807) is 21.6 Å². The quantitative estimate of drug-likeness (QED) is 0.939. The Bertz CT molecular complexity index is 718. The monoisotopic (exact) mass is 317 g/mol. The fourth-order valence-electron chi connectivity index (χ4n) is 2.75. The molecule has 7 heteroatoms. The number of rotatable bonds is 3. The van der Waals surface area contributed by atoms with Crippen LogP contribution in [0.1, 0.15) is 23.3 Å². The Morgan fingerprint density at radius 2 is 1.83 bits per heavy atom. The molecule has 3 rings (SSSR count). The minimum Gasteiger partial charge on any atom is -0.481 e. The molecule has 0 radical (unpaired) electrons. The number of hydrogen-bond donors (Lipinski definition) is 1. The summed E-state index contributed by atoms with van der Waals surface area (Å²) < 4.78 is 14.6. The molecule has 23 heavy (non-hydrogen) atoms. The molecule has 0 saturated carbocycles. The average molecular weight is 317 g/mol. The molecule has 6 nitrogen and oxygen atoms in total. The first-order chi connectivity index (χ1) is 11.1. The van der Waals surface area contributed by atoms with Gasteiger partial charge in [-0.25, -0.2) is 9.37 Å². The van der Waals surface area contributed by atoms with Gasteiger partial charge in [-0.15, -0.1) is 0 Å². The lowest BCUT2D eigenvalue weighted by Crippen LogP contribution is -2.40. The summed E-state index contributed by atoms with van der Waals surface area (Å²) in [7, 11) is 0. The Kier molecular flexibility index (Phi) is 4.10. The van der Waals surface area contributed by atoms with Crippen molar-refractivity contribution in [2.24, 2.45) is 5.92 Å². The minimum atomic E-state index is -0.812. The van der Waals surface area contributed by atoms with Gasteiger partial charge in [0, 0.05) is 18.8 Å². The molecule has 1 amide bonds. The van der Waals surface area contributed by atoms with Crippen molar-refractivity contribution in [2.75, 3.05) is 13.1 Å². The summed E-state index contributed by atoms with van der Waals surface area (Å²) in [5, 5.41) is 9.01. The number of aromatic nitrogens is 2. The Labute approximate surface area is 132 Å². The normalized spacial score (nSPS) is 15.6. The van der Waals surface area contributed by atoms with Gasteiger partial charge >= 0.3 is 5.97 Å². The summed E-state index contributed by atoms with van der Waals surface area (Å²) in [5.41, 5.74) is 1.03. The Morgan fingerprint density at radius 3 is 2.43 bits per heavy atom. The van der Waals surface area contributed by atoms with Crippen LogP contribution in [0.5, 0.6) is 0 Å². The predicted octanol–water partition coefficient (Wildman–Crippen LogP) is 1.95. The molecule has 0 spiro atoms. The standard InChI is InChI=1S/C16H16FN3O3/c17-12-1-3-13(4-2-12)20-10-18-9-14(20)15(21)19-7-5-11(6-8-19)16(22)23/h1-4,9-11H,5-8H2,(H,22,23). The number of carbonyl (C=O) groups is 2. The van der Waals surface area contributed by atoms with E-state index >= 15 is 0 Å². The first kappa shape index (κ1) is 15.2. The highest BCUT2D eigenvalue weighted by Crippen LogP contribution is 2.20. The number of nitrogens with zero attached hydrogens (tertiary/aromatic N) is 3. The fourth-order valence-corrected chi connectivity index (χ4v) is 2.75. The van der Waals surface area contributed by atoms with Gasteiger partial charge in [0.1, 0.15) is 11.5 Å². The molecule has 1 fully saturated rings. The number of piperidine rings is 1. The number of imidazole rings is 1. The molecular formula is C16H16FN3O3. The zero-order valence-electron chi connectivity index (χ0n) is 12.4. The third-order valence-corrected chi connectivity index (χ3v) is 4.09. The van der Waals surface area contributed by atoms with Gasteiger partial charge in [0.2, 0.25) is 0 Å². The first-order valence-corrected chi connectivity index (χ1v) is 7.36. The summed E-state index contributed by atoms with van der Waals surface area (Å²) in [5.74, 6) is -1.75. The second kappa shape index (κ2) is 6.20. The summed E-state index contributed by atoms with van der Waals surface area (Å²) in [6, 6.07) is 5.79. The van der Waals surface area contributed by atoms with E-state index in [0.717, 1.165) is 0 Å². The van der Waals surface area contributed by atoms with E-state index in [0.29, 0.717) is 37.3 Å². The van der Waals surface area contributed by atoms with Crippen LogP contribution in [0.15, 0.2) is 36.8 Å². The molecule has 0 bridgehead atoms. The van der Waals surface area contributed by atoms with Crippen molar-refractivity contribution in [3.05, 3.63) is 48.3 Å². The van der Waals surface area contributed by atoms with E-state index in [2.05, 4.69) is 4.98 Å². The number of benzene rings is 1. The van der Waals surface area contributed by atoms with Crippen molar-refractivity contribution >= 4 is 11.9 Å². The Hall–Kier alpha value is -2.70. The van der Waals surface area contributed by atoms with Gasteiger partial charge < -0.3 is 10.0 Å². The maximum atomic E-state index is 13.0. The van der Waals surface area contributed by atoms with Crippen LogP contribution < -0.4 is 0 Å². The van der Waals surface area contributed by atoms with Gasteiger partial charge in [-0.3, -0.25) is 14.2 Å². The number of carboxylic acid groups (broad SMARTS) is 1. The first-order valence-electron chi connectivity index (χ1n) is 7.36. The van der Waals surface area contributed by atoms with Crippen LogP contribution in [-0.4, -0.2) is 44.5 Å². The number of amides is 1. The molecular weight excluding hydrogens is 301 g/mol. The highest BCUT2D eigenvalue weighted by Gasteiger charge is 2.28. The molecule has 1 aliphatic heterocycles. The van der Waals surface area contributed by atoms with E-state index in [-0.39, 0.29) is 17.6 Å². The SMILES string of the molecule is O=C(O)C1CCN(C(=O)c2cncn2-c2ccc(F)cc2)CC1. The van der Waals surface area contributed by atoms with Crippen molar-refractivity contribution in [2.45, 2.75) is 12.8 Å². The molecule has 1 aromatic heterocycles. The van der Waals surface area contributed by atoms with E-state index in [4.69, 9.17) is 5.11 Å².